The maximum absolute atomic E-state index is 5.98. The molecule has 0 aliphatic carbocycles. The van der Waals surface area contributed by atoms with E-state index in [2.05, 4.69) is 25.2 Å². The van der Waals surface area contributed by atoms with Gasteiger partial charge in [0, 0.05) is 20.1 Å². The fourth-order valence-electron chi connectivity index (χ4n) is 1.93. The van der Waals surface area contributed by atoms with Crippen molar-refractivity contribution in [2.45, 2.75) is 0 Å². The van der Waals surface area contributed by atoms with Crippen LogP contribution in [0.2, 0.25) is 4.34 Å². The summed E-state index contributed by atoms with van der Waals surface area (Å²) in [6, 6.07) is 3.77. The van der Waals surface area contributed by atoms with Gasteiger partial charge in [0.05, 0.1) is 22.4 Å². The Labute approximate surface area is 125 Å². The molecule has 1 fully saturated rings. The molecular formula is C12H14ClN5OS. The van der Waals surface area contributed by atoms with E-state index in [9.17, 15) is 0 Å². The number of nitrogens with one attached hydrogen (secondary N) is 1. The van der Waals surface area contributed by atoms with Crippen LogP contribution in [-0.4, -0.2) is 48.3 Å². The van der Waals surface area contributed by atoms with Crippen LogP contribution in [0.1, 0.15) is 0 Å². The monoisotopic (exact) mass is 311 g/mol. The zero-order valence-corrected chi connectivity index (χ0v) is 12.5. The predicted molar refractivity (Wildman–Crippen MR) is 80.7 cm³/mol. The number of aromatic nitrogens is 3. The standard InChI is InChI=1S/C12H14ClN5OS/c1-14-11-15-10(8-2-3-9(13)20-8)16-12(17-11)18-4-6-19-7-5-18/h2-3H,4-7H2,1H3,(H,14,15,16,17). The zero-order chi connectivity index (χ0) is 13.9. The Balaban J connectivity index is 1.97. The SMILES string of the molecule is CNc1nc(-c2ccc(Cl)s2)nc(N2CCOCC2)n1. The number of hydrogen-bond donors (Lipinski definition) is 1. The van der Waals surface area contributed by atoms with E-state index in [0.29, 0.717) is 30.9 Å². The molecule has 0 aromatic carbocycles. The van der Waals surface area contributed by atoms with Crippen LogP contribution in [0.25, 0.3) is 10.7 Å². The van der Waals surface area contributed by atoms with E-state index < -0.39 is 0 Å². The second-order valence-corrected chi connectivity index (χ2v) is 5.95. The summed E-state index contributed by atoms with van der Waals surface area (Å²) in [5.74, 6) is 1.87. The number of morpholine rings is 1. The second kappa shape index (κ2) is 5.90. The van der Waals surface area contributed by atoms with Crippen molar-refractivity contribution in [3.63, 3.8) is 0 Å². The van der Waals surface area contributed by atoms with Gasteiger partial charge in [0.15, 0.2) is 5.82 Å². The molecule has 106 valence electrons. The van der Waals surface area contributed by atoms with Gasteiger partial charge in [0.25, 0.3) is 0 Å². The van der Waals surface area contributed by atoms with Crippen LogP contribution in [-0.2, 0) is 4.74 Å². The molecule has 6 nitrogen and oxygen atoms in total. The van der Waals surface area contributed by atoms with Crippen LogP contribution in [0.15, 0.2) is 12.1 Å². The summed E-state index contributed by atoms with van der Waals surface area (Å²) in [7, 11) is 1.80. The summed E-state index contributed by atoms with van der Waals surface area (Å²) in [5.41, 5.74) is 0. The predicted octanol–water partition coefficient (Wildman–Crippen LogP) is 2.13. The highest BCUT2D eigenvalue weighted by atomic mass is 35.5. The summed E-state index contributed by atoms with van der Waals surface area (Å²) in [4.78, 5) is 16.4. The number of halogens is 1. The van der Waals surface area contributed by atoms with Crippen LogP contribution in [0.5, 0.6) is 0 Å². The lowest BCUT2D eigenvalue weighted by atomic mass is 10.4. The first kappa shape index (κ1) is 13.5. The first-order chi connectivity index (χ1) is 9.76. The molecule has 20 heavy (non-hydrogen) atoms. The third kappa shape index (κ3) is 2.84. The summed E-state index contributed by atoms with van der Waals surface area (Å²) in [5, 5.41) is 2.97. The number of rotatable bonds is 3. The Bertz CT molecular complexity index is 599. The minimum absolute atomic E-state index is 0.556. The third-order valence-corrected chi connectivity index (χ3v) is 4.16. The molecule has 0 radical (unpaired) electrons. The molecule has 1 aliphatic rings. The smallest absolute Gasteiger partial charge is 0.230 e. The molecule has 1 saturated heterocycles. The van der Waals surface area contributed by atoms with Gasteiger partial charge in [-0.15, -0.1) is 11.3 Å². The Morgan fingerprint density at radius 3 is 2.70 bits per heavy atom. The van der Waals surface area contributed by atoms with Crippen molar-refractivity contribution in [1.29, 1.82) is 0 Å². The van der Waals surface area contributed by atoms with Crippen LogP contribution >= 0.6 is 22.9 Å². The Morgan fingerprint density at radius 2 is 2.05 bits per heavy atom. The number of nitrogens with zero attached hydrogens (tertiary/aromatic N) is 4. The van der Waals surface area contributed by atoms with Gasteiger partial charge >= 0.3 is 0 Å². The maximum atomic E-state index is 5.98. The molecule has 0 spiro atoms. The molecule has 3 rings (SSSR count). The zero-order valence-electron chi connectivity index (χ0n) is 11.0. The van der Waals surface area contributed by atoms with Crippen LogP contribution in [0.3, 0.4) is 0 Å². The Hall–Kier alpha value is -1.44. The highest BCUT2D eigenvalue weighted by Crippen LogP contribution is 2.30. The average Bonchev–Trinajstić information content (AvgIpc) is 2.94. The largest absolute Gasteiger partial charge is 0.378 e. The topological polar surface area (TPSA) is 63.2 Å². The Morgan fingerprint density at radius 1 is 1.25 bits per heavy atom. The highest BCUT2D eigenvalue weighted by molar-refractivity contribution is 7.19. The molecule has 0 bridgehead atoms. The lowest BCUT2D eigenvalue weighted by Gasteiger charge is -2.26. The molecule has 1 aliphatic heterocycles. The van der Waals surface area contributed by atoms with Crippen LogP contribution < -0.4 is 10.2 Å². The van der Waals surface area contributed by atoms with Crippen molar-refractivity contribution in [2.75, 3.05) is 43.6 Å². The summed E-state index contributed by atoms with van der Waals surface area (Å²) >= 11 is 7.43. The second-order valence-electron chi connectivity index (χ2n) is 4.24. The van der Waals surface area contributed by atoms with E-state index in [4.69, 9.17) is 16.3 Å². The summed E-state index contributed by atoms with van der Waals surface area (Å²) in [6.45, 7) is 2.97. The van der Waals surface area contributed by atoms with Gasteiger partial charge in [-0.3, -0.25) is 0 Å². The van der Waals surface area contributed by atoms with E-state index >= 15 is 0 Å². The molecule has 2 aromatic heterocycles. The number of thiophene rings is 1. The Kier molecular flexibility index (Phi) is 4.00. The first-order valence-corrected chi connectivity index (χ1v) is 7.48. The fourth-order valence-corrected chi connectivity index (χ4v) is 2.90. The molecule has 3 heterocycles. The van der Waals surface area contributed by atoms with E-state index in [1.807, 2.05) is 12.1 Å². The van der Waals surface area contributed by atoms with Crippen molar-refractivity contribution >= 4 is 34.8 Å². The molecule has 2 aromatic rings. The molecule has 0 amide bonds. The molecular weight excluding hydrogens is 298 g/mol. The quantitative estimate of drug-likeness (QED) is 0.937. The highest BCUT2D eigenvalue weighted by Gasteiger charge is 2.17. The number of hydrogen-bond acceptors (Lipinski definition) is 7. The van der Waals surface area contributed by atoms with E-state index in [-0.39, 0.29) is 0 Å². The van der Waals surface area contributed by atoms with Gasteiger partial charge in [-0.2, -0.15) is 15.0 Å². The molecule has 0 unspecified atom stereocenters. The number of ether oxygens (including phenoxy) is 1. The van der Waals surface area contributed by atoms with E-state index in [0.717, 1.165) is 22.3 Å². The molecule has 1 N–H and O–H groups in total. The van der Waals surface area contributed by atoms with Crippen molar-refractivity contribution < 1.29 is 4.74 Å². The summed E-state index contributed by atoms with van der Waals surface area (Å²) < 4.78 is 6.07. The van der Waals surface area contributed by atoms with E-state index in [1.165, 1.54) is 11.3 Å². The van der Waals surface area contributed by atoms with E-state index in [1.54, 1.807) is 7.05 Å². The van der Waals surface area contributed by atoms with Gasteiger partial charge < -0.3 is 15.0 Å². The van der Waals surface area contributed by atoms with Gasteiger partial charge in [-0.1, -0.05) is 11.6 Å². The van der Waals surface area contributed by atoms with Crippen LogP contribution in [0.4, 0.5) is 11.9 Å². The fraction of sp³-hybridized carbons (Fsp3) is 0.417. The minimum Gasteiger partial charge on any atom is -0.378 e. The average molecular weight is 312 g/mol. The maximum Gasteiger partial charge on any atom is 0.230 e. The van der Waals surface area contributed by atoms with Gasteiger partial charge in [0.1, 0.15) is 0 Å². The first-order valence-electron chi connectivity index (χ1n) is 6.28. The van der Waals surface area contributed by atoms with Crippen LogP contribution in [0, 0.1) is 0 Å². The minimum atomic E-state index is 0.556. The third-order valence-electron chi connectivity index (χ3n) is 2.93. The van der Waals surface area contributed by atoms with Gasteiger partial charge in [0.2, 0.25) is 11.9 Å². The lowest BCUT2D eigenvalue weighted by molar-refractivity contribution is 0.122. The molecule has 0 atom stereocenters. The number of anilines is 2. The van der Waals surface area contributed by atoms with Crippen molar-refractivity contribution in [2.24, 2.45) is 0 Å². The van der Waals surface area contributed by atoms with Crippen molar-refractivity contribution in [3.05, 3.63) is 16.5 Å². The molecule has 8 heteroatoms. The van der Waals surface area contributed by atoms with Crippen molar-refractivity contribution in [1.82, 2.24) is 15.0 Å². The van der Waals surface area contributed by atoms with Gasteiger partial charge in [-0.25, -0.2) is 0 Å². The molecule has 0 saturated carbocycles. The van der Waals surface area contributed by atoms with Crippen molar-refractivity contribution in [3.8, 4) is 10.7 Å². The van der Waals surface area contributed by atoms with Gasteiger partial charge in [-0.05, 0) is 12.1 Å². The lowest BCUT2D eigenvalue weighted by Crippen LogP contribution is -2.37. The normalized spacial score (nSPS) is 15.4. The summed E-state index contributed by atoms with van der Waals surface area (Å²) in [6.07, 6.45) is 0.